The van der Waals surface area contributed by atoms with Gasteiger partial charge in [-0.2, -0.15) is 0 Å². The normalized spacial score (nSPS) is 31.3. The zero-order chi connectivity index (χ0) is 11.4. The second-order valence-corrected chi connectivity index (χ2v) is 5.09. The van der Waals surface area contributed by atoms with E-state index in [0.29, 0.717) is 11.8 Å². The van der Waals surface area contributed by atoms with Gasteiger partial charge in [0, 0.05) is 18.9 Å². The first-order chi connectivity index (χ1) is 7.84. The maximum absolute atomic E-state index is 11.9. The summed E-state index contributed by atoms with van der Waals surface area (Å²) in [5.41, 5.74) is 0. The number of terminal acetylenes is 1. The molecule has 2 aliphatic carbocycles. The first kappa shape index (κ1) is 11.5. The van der Waals surface area contributed by atoms with E-state index in [1.54, 1.807) is 0 Å². The van der Waals surface area contributed by atoms with Gasteiger partial charge in [0.2, 0.25) is 5.91 Å². The van der Waals surface area contributed by atoms with Crippen molar-refractivity contribution in [3.8, 4) is 12.3 Å². The van der Waals surface area contributed by atoms with Crippen molar-refractivity contribution in [3.63, 3.8) is 0 Å². The molecule has 0 spiro atoms. The molecule has 0 saturated heterocycles. The van der Waals surface area contributed by atoms with Crippen LogP contribution in [-0.2, 0) is 4.79 Å². The molecule has 0 radical (unpaired) electrons. The van der Waals surface area contributed by atoms with E-state index >= 15 is 0 Å². The van der Waals surface area contributed by atoms with Gasteiger partial charge in [-0.1, -0.05) is 12.8 Å². The van der Waals surface area contributed by atoms with Crippen LogP contribution in [-0.4, -0.2) is 12.5 Å². The lowest BCUT2D eigenvalue weighted by Gasteiger charge is -2.04. The number of hydrogen-bond donors (Lipinski definition) is 1. The van der Waals surface area contributed by atoms with Crippen LogP contribution in [0.3, 0.4) is 0 Å². The van der Waals surface area contributed by atoms with Crippen LogP contribution in [0.2, 0.25) is 0 Å². The van der Waals surface area contributed by atoms with Gasteiger partial charge in [0.1, 0.15) is 0 Å². The highest BCUT2D eigenvalue weighted by Gasteiger charge is 2.54. The highest BCUT2D eigenvalue weighted by atomic mass is 16.2. The van der Waals surface area contributed by atoms with Crippen LogP contribution >= 0.6 is 0 Å². The number of unbranched alkanes of at least 4 members (excludes halogenated alkanes) is 2. The number of hydrogen-bond acceptors (Lipinski definition) is 1. The molecule has 16 heavy (non-hydrogen) atoms. The number of nitrogens with one attached hydrogen (secondary N) is 1. The molecule has 0 aromatic rings. The van der Waals surface area contributed by atoms with Gasteiger partial charge in [0.25, 0.3) is 0 Å². The summed E-state index contributed by atoms with van der Waals surface area (Å²) >= 11 is 0. The summed E-state index contributed by atoms with van der Waals surface area (Å²) in [5, 5.41) is 3.05. The minimum absolute atomic E-state index is 0.303. The molecule has 2 atom stereocenters. The van der Waals surface area contributed by atoms with Crippen molar-refractivity contribution in [1.29, 1.82) is 0 Å². The minimum Gasteiger partial charge on any atom is -0.356 e. The molecule has 0 heterocycles. The quantitative estimate of drug-likeness (QED) is 0.558. The summed E-state index contributed by atoms with van der Waals surface area (Å²) in [6.07, 6.45) is 13.2. The Labute approximate surface area is 98.2 Å². The Hall–Kier alpha value is -0.970. The Bertz CT molecular complexity index is 280. The lowest BCUT2D eigenvalue weighted by molar-refractivity contribution is -0.122. The first-order valence-electron chi connectivity index (χ1n) is 6.56. The van der Waals surface area contributed by atoms with E-state index in [2.05, 4.69) is 11.2 Å². The van der Waals surface area contributed by atoms with Crippen molar-refractivity contribution < 1.29 is 4.79 Å². The van der Waals surface area contributed by atoms with Gasteiger partial charge in [-0.05, 0) is 37.5 Å². The number of fused-ring (bicyclic) bond motifs is 1. The molecule has 2 aliphatic rings. The van der Waals surface area contributed by atoms with Crippen molar-refractivity contribution in [3.05, 3.63) is 0 Å². The summed E-state index contributed by atoms with van der Waals surface area (Å²) in [6.45, 7) is 0.802. The fourth-order valence-corrected chi connectivity index (χ4v) is 3.06. The molecule has 2 fully saturated rings. The summed E-state index contributed by atoms with van der Waals surface area (Å²) < 4.78 is 0. The van der Waals surface area contributed by atoms with Gasteiger partial charge in [0.05, 0.1) is 0 Å². The predicted molar refractivity (Wildman–Crippen MR) is 64.6 cm³/mol. The molecule has 88 valence electrons. The third kappa shape index (κ3) is 2.58. The van der Waals surface area contributed by atoms with Gasteiger partial charge < -0.3 is 5.32 Å². The second-order valence-electron chi connectivity index (χ2n) is 5.09. The topological polar surface area (TPSA) is 29.1 Å². The average Bonchev–Trinajstić information content (AvgIpc) is 3.02. The van der Waals surface area contributed by atoms with Gasteiger partial charge in [-0.15, -0.1) is 12.3 Å². The van der Waals surface area contributed by atoms with Crippen LogP contribution in [0, 0.1) is 30.1 Å². The Morgan fingerprint density at radius 3 is 2.56 bits per heavy atom. The molecule has 1 amide bonds. The SMILES string of the molecule is C#CCCCCNC(=O)C1C2CCCCC21. The number of amides is 1. The van der Waals surface area contributed by atoms with Crippen LogP contribution in [0.4, 0.5) is 0 Å². The molecule has 0 aromatic heterocycles. The number of carbonyl (C=O) groups is 1. The zero-order valence-electron chi connectivity index (χ0n) is 9.87. The van der Waals surface area contributed by atoms with Gasteiger partial charge in [0.15, 0.2) is 0 Å². The van der Waals surface area contributed by atoms with Crippen molar-refractivity contribution >= 4 is 5.91 Å². The fourth-order valence-electron chi connectivity index (χ4n) is 3.06. The van der Waals surface area contributed by atoms with Crippen LogP contribution in [0.15, 0.2) is 0 Å². The predicted octanol–water partition coefficient (Wildman–Crippen LogP) is 2.34. The molecule has 2 unspecified atom stereocenters. The van der Waals surface area contributed by atoms with Gasteiger partial charge in [-0.25, -0.2) is 0 Å². The van der Waals surface area contributed by atoms with Crippen LogP contribution in [0.5, 0.6) is 0 Å². The van der Waals surface area contributed by atoms with Crippen molar-refractivity contribution in [1.82, 2.24) is 5.32 Å². The fraction of sp³-hybridized carbons (Fsp3) is 0.786. The minimum atomic E-state index is 0.303. The number of carbonyl (C=O) groups excluding carboxylic acids is 1. The summed E-state index contributed by atoms with van der Waals surface area (Å²) in [7, 11) is 0. The average molecular weight is 219 g/mol. The lowest BCUT2D eigenvalue weighted by atomic mass is 10.0. The van der Waals surface area contributed by atoms with E-state index < -0.39 is 0 Å². The highest BCUT2D eigenvalue weighted by molar-refractivity contribution is 5.82. The molecule has 0 aliphatic heterocycles. The van der Waals surface area contributed by atoms with Crippen LogP contribution in [0.1, 0.15) is 44.9 Å². The second kappa shape index (κ2) is 5.39. The zero-order valence-corrected chi connectivity index (χ0v) is 9.87. The smallest absolute Gasteiger partial charge is 0.223 e. The van der Waals surface area contributed by atoms with E-state index in [1.807, 2.05) is 0 Å². The van der Waals surface area contributed by atoms with E-state index in [4.69, 9.17) is 6.42 Å². The Kier molecular flexibility index (Phi) is 3.88. The maximum Gasteiger partial charge on any atom is 0.223 e. The summed E-state index contributed by atoms with van der Waals surface area (Å²) in [5.74, 6) is 4.72. The Morgan fingerprint density at radius 2 is 1.94 bits per heavy atom. The van der Waals surface area contributed by atoms with E-state index in [9.17, 15) is 4.79 Å². The van der Waals surface area contributed by atoms with Crippen LogP contribution in [0.25, 0.3) is 0 Å². The molecular formula is C14H21NO. The molecule has 1 N–H and O–H groups in total. The van der Waals surface area contributed by atoms with Gasteiger partial charge >= 0.3 is 0 Å². The first-order valence-corrected chi connectivity index (χ1v) is 6.56. The number of rotatable bonds is 5. The van der Waals surface area contributed by atoms with Crippen molar-refractivity contribution in [2.45, 2.75) is 44.9 Å². The summed E-state index contributed by atoms with van der Waals surface area (Å²) in [6, 6.07) is 0. The maximum atomic E-state index is 11.9. The molecule has 0 aromatic carbocycles. The van der Waals surface area contributed by atoms with Crippen LogP contribution < -0.4 is 5.32 Å². The summed E-state index contributed by atoms with van der Waals surface area (Å²) in [4.78, 5) is 11.9. The monoisotopic (exact) mass is 219 g/mol. The molecule has 2 nitrogen and oxygen atoms in total. The van der Waals surface area contributed by atoms with E-state index in [-0.39, 0.29) is 0 Å². The van der Waals surface area contributed by atoms with Crippen molar-refractivity contribution in [2.24, 2.45) is 17.8 Å². The van der Waals surface area contributed by atoms with E-state index in [1.165, 1.54) is 25.7 Å². The van der Waals surface area contributed by atoms with Gasteiger partial charge in [-0.3, -0.25) is 4.79 Å². The third-order valence-corrected chi connectivity index (χ3v) is 4.01. The molecular weight excluding hydrogens is 198 g/mol. The Morgan fingerprint density at radius 1 is 1.25 bits per heavy atom. The van der Waals surface area contributed by atoms with Crippen molar-refractivity contribution in [2.75, 3.05) is 6.54 Å². The molecule has 2 saturated carbocycles. The Balaban J connectivity index is 1.60. The lowest BCUT2D eigenvalue weighted by Crippen LogP contribution is -2.27. The molecule has 2 heteroatoms. The molecule has 0 bridgehead atoms. The third-order valence-electron chi connectivity index (χ3n) is 4.01. The molecule has 2 rings (SSSR count). The van der Waals surface area contributed by atoms with E-state index in [0.717, 1.165) is 37.6 Å². The standard InChI is InChI=1S/C14H21NO/c1-2-3-4-7-10-15-14(16)13-11-8-5-6-9-12(11)13/h1,11-13H,3-10H2,(H,15,16). The highest BCUT2D eigenvalue weighted by Crippen LogP contribution is 2.55. The largest absolute Gasteiger partial charge is 0.356 e.